The predicted molar refractivity (Wildman–Crippen MR) is 64.8 cm³/mol. The van der Waals surface area contributed by atoms with Crippen molar-refractivity contribution in [1.82, 2.24) is 25.0 Å². The predicted octanol–water partition coefficient (Wildman–Crippen LogP) is 0.291. The molecule has 2 heterocycles. The minimum absolute atomic E-state index is 0.0800. The molecule has 2 aromatic heterocycles. The summed E-state index contributed by atoms with van der Waals surface area (Å²) in [6, 6.07) is 2.06. The molecule has 2 rings (SSSR count). The Morgan fingerprint density at radius 1 is 1.41 bits per heavy atom. The molecule has 92 valence electrons. The normalized spacial score (nSPS) is 12.9. The Kier molecular flexibility index (Phi) is 3.55. The third-order valence-corrected chi connectivity index (χ3v) is 2.77. The van der Waals surface area contributed by atoms with Crippen molar-refractivity contribution < 1.29 is 0 Å². The maximum Gasteiger partial charge on any atom is 0.0807 e. The molecule has 0 aliphatic rings. The van der Waals surface area contributed by atoms with Crippen molar-refractivity contribution in [3.63, 3.8) is 0 Å². The number of rotatable bonds is 5. The summed E-state index contributed by atoms with van der Waals surface area (Å²) in [5.41, 5.74) is 4.99. The first kappa shape index (κ1) is 11.8. The molecule has 0 aromatic carbocycles. The Balaban J connectivity index is 1.96. The van der Waals surface area contributed by atoms with E-state index >= 15 is 0 Å². The number of aryl methyl sites for hydroxylation is 3. The van der Waals surface area contributed by atoms with E-state index in [0.717, 1.165) is 18.5 Å². The number of aromatic nitrogens is 4. The van der Waals surface area contributed by atoms with Gasteiger partial charge in [-0.05, 0) is 24.5 Å². The molecule has 0 radical (unpaired) electrons. The fourth-order valence-electron chi connectivity index (χ4n) is 1.85. The first-order chi connectivity index (χ1) is 8.19. The van der Waals surface area contributed by atoms with Crippen LogP contribution in [0.1, 0.15) is 23.7 Å². The first-order valence-electron chi connectivity index (χ1n) is 5.62. The lowest BCUT2D eigenvalue weighted by Gasteiger charge is -2.12. The zero-order valence-corrected chi connectivity index (χ0v) is 10.2. The van der Waals surface area contributed by atoms with Gasteiger partial charge in [0.2, 0.25) is 0 Å². The summed E-state index contributed by atoms with van der Waals surface area (Å²) in [4.78, 5) is 0. The third kappa shape index (κ3) is 2.92. The smallest absolute Gasteiger partial charge is 0.0807 e. The van der Waals surface area contributed by atoms with Crippen LogP contribution < -0.4 is 11.3 Å². The van der Waals surface area contributed by atoms with Crippen LogP contribution in [0, 0.1) is 0 Å². The number of hydrazine groups is 1. The van der Waals surface area contributed by atoms with Crippen LogP contribution in [0.25, 0.3) is 0 Å². The molecule has 0 bridgehead atoms. The number of nitrogens with zero attached hydrogens (tertiary/aromatic N) is 4. The van der Waals surface area contributed by atoms with Crippen LogP contribution in [0.5, 0.6) is 0 Å². The summed E-state index contributed by atoms with van der Waals surface area (Å²) >= 11 is 0. The van der Waals surface area contributed by atoms with Crippen molar-refractivity contribution in [2.75, 3.05) is 0 Å². The molecule has 6 heteroatoms. The lowest BCUT2D eigenvalue weighted by Crippen LogP contribution is -2.28. The van der Waals surface area contributed by atoms with Gasteiger partial charge in [-0.3, -0.25) is 20.6 Å². The maximum absolute atomic E-state index is 5.56. The summed E-state index contributed by atoms with van der Waals surface area (Å²) in [6.45, 7) is 0. The van der Waals surface area contributed by atoms with Crippen molar-refractivity contribution in [2.24, 2.45) is 19.9 Å². The molecule has 0 aliphatic heterocycles. The largest absolute Gasteiger partial charge is 0.276 e. The fourth-order valence-corrected chi connectivity index (χ4v) is 1.85. The van der Waals surface area contributed by atoms with Crippen LogP contribution in [0.3, 0.4) is 0 Å². The summed E-state index contributed by atoms with van der Waals surface area (Å²) in [5, 5.41) is 8.50. The Labute approximate surface area is 100 Å². The Bertz CT molecular complexity index is 472. The second-order valence-electron chi connectivity index (χ2n) is 4.19. The van der Waals surface area contributed by atoms with Gasteiger partial charge in [-0.1, -0.05) is 0 Å². The van der Waals surface area contributed by atoms with Gasteiger partial charge < -0.3 is 0 Å². The molecule has 0 amide bonds. The standard InChI is InChI=1S/C11H18N6/c1-16-6-5-11(15-16)10(14-12)4-3-9-7-13-17(2)8-9/h5-8,10,14H,3-4,12H2,1-2H3. The Morgan fingerprint density at radius 3 is 2.76 bits per heavy atom. The van der Waals surface area contributed by atoms with Gasteiger partial charge in [0.1, 0.15) is 0 Å². The highest BCUT2D eigenvalue weighted by Gasteiger charge is 2.12. The van der Waals surface area contributed by atoms with Gasteiger partial charge in [-0.2, -0.15) is 10.2 Å². The van der Waals surface area contributed by atoms with Crippen molar-refractivity contribution in [2.45, 2.75) is 18.9 Å². The number of hydrogen-bond donors (Lipinski definition) is 2. The lowest BCUT2D eigenvalue weighted by atomic mass is 10.1. The molecule has 0 aliphatic carbocycles. The molecule has 0 saturated heterocycles. The molecule has 0 fully saturated rings. The topological polar surface area (TPSA) is 73.7 Å². The van der Waals surface area contributed by atoms with Gasteiger partial charge in [-0.15, -0.1) is 0 Å². The van der Waals surface area contributed by atoms with Gasteiger partial charge in [0.05, 0.1) is 17.9 Å². The van der Waals surface area contributed by atoms with Crippen molar-refractivity contribution in [1.29, 1.82) is 0 Å². The molecular weight excluding hydrogens is 216 g/mol. The molecule has 2 aromatic rings. The van der Waals surface area contributed by atoms with Crippen LogP contribution in [-0.2, 0) is 20.5 Å². The summed E-state index contributed by atoms with van der Waals surface area (Å²) in [6.07, 6.45) is 7.65. The van der Waals surface area contributed by atoms with E-state index in [-0.39, 0.29) is 6.04 Å². The molecule has 1 unspecified atom stereocenters. The zero-order chi connectivity index (χ0) is 12.3. The van der Waals surface area contributed by atoms with Crippen LogP contribution in [0.2, 0.25) is 0 Å². The van der Waals surface area contributed by atoms with E-state index in [0.29, 0.717) is 0 Å². The van der Waals surface area contributed by atoms with Crippen LogP contribution in [0.15, 0.2) is 24.7 Å². The summed E-state index contributed by atoms with van der Waals surface area (Å²) in [5.74, 6) is 5.56. The third-order valence-electron chi connectivity index (χ3n) is 2.77. The van der Waals surface area contributed by atoms with E-state index in [9.17, 15) is 0 Å². The maximum atomic E-state index is 5.56. The molecule has 3 N–H and O–H groups in total. The molecular formula is C11H18N6. The Morgan fingerprint density at radius 2 is 2.24 bits per heavy atom. The second kappa shape index (κ2) is 5.11. The number of nitrogens with two attached hydrogens (primary N) is 1. The monoisotopic (exact) mass is 234 g/mol. The molecule has 1 atom stereocenters. The minimum Gasteiger partial charge on any atom is -0.276 e. The van der Waals surface area contributed by atoms with E-state index in [1.807, 2.05) is 38.8 Å². The number of nitrogens with one attached hydrogen (secondary N) is 1. The average Bonchev–Trinajstić information content (AvgIpc) is 2.89. The highest BCUT2D eigenvalue weighted by Crippen LogP contribution is 2.16. The molecule has 0 saturated carbocycles. The van der Waals surface area contributed by atoms with Crippen molar-refractivity contribution in [3.05, 3.63) is 35.9 Å². The van der Waals surface area contributed by atoms with E-state index in [2.05, 4.69) is 15.6 Å². The van der Waals surface area contributed by atoms with Crippen LogP contribution >= 0.6 is 0 Å². The summed E-state index contributed by atoms with van der Waals surface area (Å²) in [7, 11) is 3.82. The first-order valence-corrected chi connectivity index (χ1v) is 5.62. The molecule has 17 heavy (non-hydrogen) atoms. The van der Waals surface area contributed by atoms with Crippen molar-refractivity contribution >= 4 is 0 Å². The van der Waals surface area contributed by atoms with Crippen molar-refractivity contribution in [3.8, 4) is 0 Å². The van der Waals surface area contributed by atoms with Gasteiger partial charge in [0.25, 0.3) is 0 Å². The van der Waals surface area contributed by atoms with Gasteiger partial charge in [-0.25, -0.2) is 0 Å². The average molecular weight is 234 g/mol. The minimum atomic E-state index is 0.0800. The van der Waals surface area contributed by atoms with E-state index in [1.165, 1.54) is 5.56 Å². The van der Waals surface area contributed by atoms with Gasteiger partial charge >= 0.3 is 0 Å². The highest BCUT2D eigenvalue weighted by molar-refractivity contribution is 5.08. The SMILES string of the molecule is Cn1cc(CCC(NN)c2ccn(C)n2)cn1. The van der Waals surface area contributed by atoms with E-state index in [4.69, 9.17) is 5.84 Å². The van der Waals surface area contributed by atoms with Crippen LogP contribution in [0.4, 0.5) is 0 Å². The van der Waals surface area contributed by atoms with E-state index < -0.39 is 0 Å². The summed E-state index contributed by atoms with van der Waals surface area (Å²) < 4.78 is 3.59. The van der Waals surface area contributed by atoms with Gasteiger partial charge in [0.15, 0.2) is 0 Å². The second-order valence-corrected chi connectivity index (χ2v) is 4.19. The van der Waals surface area contributed by atoms with Crippen LogP contribution in [-0.4, -0.2) is 19.6 Å². The van der Waals surface area contributed by atoms with Gasteiger partial charge in [0, 0.05) is 26.5 Å². The number of hydrogen-bond acceptors (Lipinski definition) is 4. The molecule has 0 spiro atoms. The lowest BCUT2D eigenvalue weighted by molar-refractivity contribution is 0.497. The zero-order valence-electron chi connectivity index (χ0n) is 10.2. The fraction of sp³-hybridized carbons (Fsp3) is 0.455. The van der Waals surface area contributed by atoms with E-state index in [1.54, 1.807) is 9.36 Å². The highest BCUT2D eigenvalue weighted by atomic mass is 15.3. The molecule has 6 nitrogen and oxygen atoms in total. The quantitative estimate of drug-likeness (QED) is 0.576. The Hall–Kier alpha value is -1.66.